The molecule has 0 saturated heterocycles. The summed E-state index contributed by atoms with van der Waals surface area (Å²) in [5.74, 6) is 0. The van der Waals surface area contributed by atoms with Gasteiger partial charge in [0.05, 0.1) is 12.2 Å². The molecule has 0 aliphatic heterocycles. The third-order valence-corrected chi connectivity index (χ3v) is 3.86. The van der Waals surface area contributed by atoms with E-state index in [9.17, 15) is 0 Å². The number of hydrogen-bond acceptors (Lipinski definition) is 2. The molecule has 0 amide bonds. The SMILES string of the molecule is CCc1nn(Cc2cccc(C)c2)c(CC)c1CC(C)N. The van der Waals surface area contributed by atoms with Crippen molar-refractivity contribution in [3.8, 4) is 0 Å². The van der Waals surface area contributed by atoms with Crippen molar-refractivity contribution in [3.63, 3.8) is 0 Å². The van der Waals surface area contributed by atoms with Crippen LogP contribution in [0.1, 0.15) is 48.8 Å². The molecule has 3 nitrogen and oxygen atoms in total. The number of nitrogens with two attached hydrogens (primary N) is 1. The maximum Gasteiger partial charge on any atom is 0.0662 e. The summed E-state index contributed by atoms with van der Waals surface area (Å²) in [4.78, 5) is 0. The van der Waals surface area contributed by atoms with Gasteiger partial charge in [0.2, 0.25) is 0 Å². The molecule has 0 bridgehead atoms. The molecule has 0 aliphatic rings. The number of rotatable bonds is 6. The fraction of sp³-hybridized carbons (Fsp3) is 0.500. The van der Waals surface area contributed by atoms with E-state index >= 15 is 0 Å². The van der Waals surface area contributed by atoms with Gasteiger partial charge in [0, 0.05) is 11.7 Å². The molecule has 114 valence electrons. The minimum atomic E-state index is 0.178. The molecule has 2 rings (SSSR count). The molecule has 1 aromatic carbocycles. The number of hydrogen-bond donors (Lipinski definition) is 1. The first kappa shape index (κ1) is 15.8. The maximum atomic E-state index is 6.02. The van der Waals surface area contributed by atoms with Crippen molar-refractivity contribution < 1.29 is 0 Å². The average Bonchev–Trinajstić information content (AvgIpc) is 2.75. The Morgan fingerprint density at radius 3 is 2.57 bits per heavy atom. The maximum absolute atomic E-state index is 6.02. The predicted octanol–water partition coefficient (Wildman–Crippen LogP) is 3.25. The minimum Gasteiger partial charge on any atom is -0.328 e. The van der Waals surface area contributed by atoms with Crippen molar-refractivity contribution in [2.75, 3.05) is 0 Å². The molecule has 0 saturated carbocycles. The van der Waals surface area contributed by atoms with Crippen molar-refractivity contribution in [1.29, 1.82) is 0 Å². The zero-order valence-electron chi connectivity index (χ0n) is 13.7. The number of benzene rings is 1. The van der Waals surface area contributed by atoms with E-state index in [4.69, 9.17) is 10.8 Å². The van der Waals surface area contributed by atoms with Crippen LogP contribution in [0.4, 0.5) is 0 Å². The van der Waals surface area contributed by atoms with Crippen LogP contribution < -0.4 is 5.73 Å². The van der Waals surface area contributed by atoms with Crippen LogP contribution in [0.15, 0.2) is 24.3 Å². The van der Waals surface area contributed by atoms with Gasteiger partial charge < -0.3 is 5.73 Å². The number of aryl methyl sites for hydroxylation is 2. The molecular formula is C18H27N3. The Bertz CT molecular complexity index is 597. The molecule has 0 spiro atoms. The Kier molecular flexibility index (Phi) is 5.18. The van der Waals surface area contributed by atoms with Gasteiger partial charge in [-0.25, -0.2) is 0 Å². The molecule has 1 aromatic heterocycles. The molecule has 21 heavy (non-hydrogen) atoms. The van der Waals surface area contributed by atoms with Gasteiger partial charge in [-0.2, -0.15) is 5.10 Å². The van der Waals surface area contributed by atoms with Gasteiger partial charge in [-0.1, -0.05) is 43.7 Å². The van der Waals surface area contributed by atoms with Crippen LogP contribution in [0.5, 0.6) is 0 Å². The standard InChI is InChI=1S/C18H27N3/c1-5-17-16(11-14(4)19)18(6-2)21(20-17)12-15-9-7-8-13(3)10-15/h7-10,14H,5-6,11-12,19H2,1-4H3. The summed E-state index contributed by atoms with van der Waals surface area (Å²) in [6.45, 7) is 9.41. The van der Waals surface area contributed by atoms with Gasteiger partial charge in [0.25, 0.3) is 0 Å². The molecule has 1 atom stereocenters. The molecule has 1 heterocycles. The predicted molar refractivity (Wildman–Crippen MR) is 88.6 cm³/mol. The van der Waals surface area contributed by atoms with Crippen LogP contribution in [0.3, 0.4) is 0 Å². The smallest absolute Gasteiger partial charge is 0.0662 e. The Morgan fingerprint density at radius 2 is 2.00 bits per heavy atom. The van der Waals surface area contributed by atoms with E-state index in [1.807, 2.05) is 0 Å². The van der Waals surface area contributed by atoms with Crippen LogP contribution in [-0.2, 0) is 25.8 Å². The summed E-state index contributed by atoms with van der Waals surface area (Å²) in [5.41, 5.74) is 12.5. The quantitative estimate of drug-likeness (QED) is 0.885. The largest absolute Gasteiger partial charge is 0.328 e. The second-order valence-corrected chi connectivity index (χ2v) is 5.91. The van der Waals surface area contributed by atoms with Gasteiger partial charge in [0.1, 0.15) is 0 Å². The molecular weight excluding hydrogens is 258 g/mol. The average molecular weight is 285 g/mol. The number of aromatic nitrogens is 2. The highest BCUT2D eigenvalue weighted by atomic mass is 15.3. The van der Waals surface area contributed by atoms with Crippen LogP contribution in [0.2, 0.25) is 0 Å². The van der Waals surface area contributed by atoms with E-state index in [0.717, 1.165) is 25.8 Å². The molecule has 0 radical (unpaired) electrons. The van der Waals surface area contributed by atoms with E-state index in [1.165, 1.54) is 28.1 Å². The fourth-order valence-corrected chi connectivity index (χ4v) is 2.94. The lowest BCUT2D eigenvalue weighted by Crippen LogP contribution is -2.19. The second kappa shape index (κ2) is 6.90. The molecule has 0 aliphatic carbocycles. The lowest BCUT2D eigenvalue weighted by atomic mass is 10.0. The lowest BCUT2D eigenvalue weighted by molar-refractivity contribution is 0.637. The van der Waals surface area contributed by atoms with Crippen LogP contribution in [0, 0.1) is 6.92 Å². The molecule has 2 aromatic rings. The first-order chi connectivity index (χ1) is 10.0. The Labute approximate surface area is 128 Å². The van der Waals surface area contributed by atoms with Crippen LogP contribution in [0.25, 0.3) is 0 Å². The zero-order chi connectivity index (χ0) is 15.4. The summed E-state index contributed by atoms with van der Waals surface area (Å²) in [6, 6.07) is 8.83. The minimum absolute atomic E-state index is 0.178. The van der Waals surface area contributed by atoms with Gasteiger partial charge in [-0.15, -0.1) is 0 Å². The van der Waals surface area contributed by atoms with E-state index in [-0.39, 0.29) is 6.04 Å². The van der Waals surface area contributed by atoms with Gasteiger partial charge in [-0.05, 0) is 44.2 Å². The summed E-state index contributed by atoms with van der Waals surface area (Å²) < 4.78 is 2.17. The third-order valence-electron chi connectivity index (χ3n) is 3.86. The topological polar surface area (TPSA) is 43.8 Å². The van der Waals surface area contributed by atoms with Crippen molar-refractivity contribution in [2.45, 2.75) is 59.5 Å². The Balaban J connectivity index is 2.37. The van der Waals surface area contributed by atoms with Gasteiger partial charge in [-0.3, -0.25) is 4.68 Å². The van der Waals surface area contributed by atoms with Crippen molar-refractivity contribution >= 4 is 0 Å². The lowest BCUT2D eigenvalue weighted by Gasteiger charge is -2.10. The fourth-order valence-electron chi connectivity index (χ4n) is 2.94. The normalized spacial score (nSPS) is 12.6. The summed E-state index contributed by atoms with van der Waals surface area (Å²) in [5, 5.41) is 4.84. The van der Waals surface area contributed by atoms with Gasteiger partial charge >= 0.3 is 0 Å². The highest BCUT2D eigenvalue weighted by Gasteiger charge is 2.16. The third kappa shape index (κ3) is 3.73. The summed E-state index contributed by atoms with van der Waals surface area (Å²) in [6.07, 6.45) is 2.89. The molecule has 3 heteroatoms. The molecule has 2 N–H and O–H groups in total. The summed E-state index contributed by atoms with van der Waals surface area (Å²) in [7, 11) is 0. The van der Waals surface area contributed by atoms with Crippen LogP contribution in [-0.4, -0.2) is 15.8 Å². The highest BCUT2D eigenvalue weighted by molar-refractivity contribution is 5.29. The van der Waals surface area contributed by atoms with E-state index < -0.39 is 0 Å². The zero-order valence-corrected chi connectivity index (χ0v) is 13.7. The van der Waals surface area contributed by atoms with Gasteiger partial charge in [0.15, 0.2) is 0 Å². The van der Waals surface area contributed by atoms with Crippen molar-refractivity contribution in [1.82, 2.24) is 9.78 Å². The highest BCUT2D eigenvalue weighted by Crippen LogP contribution is 2.19. The van der Waals surface area contributed by atoms with E-state index in [0.29, 0.717) is 0 Å². The number of nitrogens with zero attached hydrogens (tertiary/aromatic N) is 2. The first-order valence-electron chi connectivity index (χ1n) is 7.93. The molecule has 0 fully saturated rings. The Morgan fingerprint density at radius 1 is 1.24 bits per heavy atom. The van der Waals surface area contributed by atoms with Crippen molar-refractivity contribution in [3.05, 3.63) is 52.3 Å². The monoisotopic (exact) mass is 285 g/mol. The van der Waals surface area contributed by atoms with Crippen molar-refractivity contribution in [2.24, 2.45) is 5.73 Å². The second-order valence-electron chi connectivity index (χ2n) is 5.91. The van der Waals surface area contributed by atoms with E-state index in [2.05, 4.69) is 56.6 Å². The first-order valence-corrected chi connectivity index (χ1v) is 7.93. The van der Waals surface area contributed by atoms with E-state index in [1.54, 1.807) is 0 Å². The Hall–Kier alpha value is -1.61. The summed E-state index contributed by atoms with van der Waals surface area (Å²) >= 11 is 0. The molecule has 1 unspecified atom stereocenters. The van der Waals surface area contributed by atoms with Crippen LogP contribution >= 0.6 is 0 Å².